The van der Waals surface area contributed by atoms with Gasteiger partial charge in [0.15, 0.2) is 6.61 Å². The number of halogens is 1. The molecule has 3 amide bonds. The van der Waals surface area contributed by atoms with E-state index >= 15 is 0 Å². The van der Waals surface area contributed by atoms with E-state index in [2.05, 4.69) is 5.32 Å². The van der Waals surface area contributed by atoms with Crippen molar-refractivity contribution < 1.29 is 29.0 Å². The topological polar surface area (TPSA) is 113 Å². The number of anilines is 1. The normalized spacial score (nSPS) is 12.7. The molecule has 1 heterocycles. The second kappa shape index (κ2) is 8.10. The van der Waals surface area contributed by atoms with E-state index in [1.165, 1.54) is 18.2 Å². The molecule has 0 radical (unpaired) electrons. The molecule has 2 N–H and O–H groups in total. The van der Waals surface area contributed by atoms with E-state index in [0.29, 0.717) is 16.5 Å². The Morgan fingerprint density at radius 2 is 1.71 bits per heavy atom. The van der Waals surface area contributed by atoms with Crippen molar-refractivity contribution in [1.82, 2.24) is 4.90 Å². The lowest BCUT2D eigenvalue weighted by Crippen LogP contribution is -2.31. The van der Waals surface area contributed by atoms with E-state index in [1.54, 1.807) is 24.3 Å². The van der Waals surface area contributed by atoms with Gasteiger partial charge in [0, 0.05) is 17.3 Å². The molecule has 1 aliphatic heterocycles. The largest absolute Gasteiger partial charge is 0.484 e. The lowest BCUT2D eigenvalue weighted by atomic mass is 10.1. The summed E-state index contributed by atoms with van der Waals surface area (Å²) in [6.45, 7) is -0.464. The molecule has 0 saturated carbocycles. The summed E-state index contributed by atoms with van der Waals surface area (Å²) in [5.41, 5.74) is 0.613. The van der Waals surface area contributed by atoms with Crippen molar-refractivity contribution in [1.29, 1.82) is 0 Å². The highest BCUT2D eigenvalue weighted by molar-refractivity contribution is 6.30. The molecule has 28 heavy (non-hydrogen) atoms. The zero-order valence-corrected chi connectivity index (χ0v) is 15.2. The molecule has 0 aromatic heterocycles. The number of ether oxygens (including phenoxy) is 1. The van der Waals surface area contributed by atoms with Crippen LogP contribution in [0.3, 0.4) is 0 Å². The van der Waals surface area contributed by atoms with Crippen molar-refractivity contribution in [3.05, 3.63) is 58.6 Å². The van der Waals surface area contributed by atoms with Gasteiger partial charge in [0.2, 0.25) is 0 Å². The molecule has 144 valence electrons. The summed E-state index contributed by atoms with van der Waals surface area (Å²) in [4.78, 5) is 48.2. The van der Waals surface area contributed by atoms with E-state index < -0.39 is 23.7 Å². The summed E-state index contributed by atoms with van der Waals surface area (Å²) < 4.78 is 5.34. The average Bonchev–Trinajstić information content (AvgIpc) is 2.89. The van der Waals surface area contributed by atoms with Gasteiger partial charge in [-0.05, 0) is 42.5 Å². The van der Waals surface area contributed by atoms with Gasteiger partial charge in [-0.15, -0.1) is 0 Å². The third-order valence-corrected chi connectivity index (χ3v) is 4.24. The molecular formula is C19H15ClN2O6. The number of aliphatic carboxylic acids is 1. The first kappa shape index (κ1) is 19.4. The number of hydrogen-bond donors (Lipinski definition) is 2. The van der Waals surface area contributed by atoms with Gasteiger partial charge in [-0.25, -0.2) is 0 Å². The van der Waals surface area contributed by atoms with Gasteiger partial charge in [-0.1, -0.05) is 11.6 Å². The highest BCUT2D eigenvalue weighted by Gasteiger charge is 2.35. The van der Waals surface area contributed by atoms with E-state index in [1.807, 2.05) is 0 Å². The number of carbonyl (C=O) groups excluding carboxylic acids is 3. The van der Waals surface area contributed by atoms with Gasteiger partial charge >= 0.3 is 5.97 Å². The van der Waals surface area contributed by atoms with Gasteiger partial charge in [-0.3, -0.25) is 24.1 Å². The maximum absolute atomic E-state index is 12.4. The minimum absolute atomic E-state index is 0.117. The predicted octanol–water partition coefficient (Wildman–Crippen LogP) is 2.43. The van der Waals surface area contributed by atoms with Crippen LogP contribution < -0.4 is 10.1 Å². The molecule has 0 atom stereocenters. The van der Waals surface area contributed by atoms with Crippen LogP contribution in [0.2, 0.25) is 5.02 Å². The number of fused-ring (bicyclic) bond motifs is 1. The second-order valence-electron chi connectivity index (χ2n) is 5.96. The van der Waals surface area contributed by atoms with Crippen LogP contribution >= 0.6 is 11.6 Å². The average molecular weight is 403 g/mol. The zero-order valence-electron chi connectivity index (χ0n) is 14.5. The lowest BCUT2D eigenvalue weighted by molar-refractivity contribution is -0.137. The molecule has 0 spiro atoms. The summed E-state index contributed by atoms with van der Waals surface area (Å²) in [7, 11) is 0. The molecule has 0 fully saturated rings. The number of imide groups is 1. The number of carboxylic acid groups (broad SMARTS) is 1. The zero-order chi connectivity index (χ0) is 20.3. The molecule has 0 unspecified atom stereocenters. The third-order valence-electron chi connectivity index (χ3n) is 3.99. The molecule has 9 heteroatoms. The van der Waals surface area contributed by atoms with Crippen LogP contribution in [0.5, 0.6) is 5.75 Å². The maximum Gasteiger partial charge on any atom is 0.305 e. The van der Waals surface area contributed by atoms with Crippen LogP contribution in [0.15, 0.2) is 42.5 Å². The van der Waals surface area contributed by atoms with Crippen molar-refractivity contribution in [2.24, 2.45) is 0 Å². The lowest BCUT2D eigenvalue weighted by Gasteiger charge is -2.11. The summed E-state index contributed by atoms with van der Waals surface area (Å²) >= 11 is 5.78. The molecular weight excluding hydrogens is 388 g/mol. The van der Waals surface area contributed by atoms with E-state index in [9.17, 15) is 19.2 Å². The predicted molar refractivity (Wildman–Crippen MR) is 99.6 cm³/mol. The number of hydrogen-bond acceptors (Lipinski definition) is 5. The van der Waals surface area contributed by atoms with Gasteiger partial charge in [-0.2, -0.15) is 0 Å². The van der Waals surface area contributed by atoms with Crippen LogP contribution in [0, 0.1) is 0 Å². The van der Waals surface area contributed by atoms with Crippen molar-refractivity contribution in [2.75, 3.05) is 18.5 Å². The number of rotatable bonds is 7. The summed E-state index contributed by atoms with van der Waals surface area (Å²) in [5.74, 6) is -2.22. The smallest absolute Gasteiger partial charge is 0.305 e. The Bertz CT molecular complexity index is 957. The van der Waals surface area contributed by atoms with Crippen molar-refractivity contribution >= 4 is 41.0 Å². The molecule has 3 rings (SSSR count). The Morgan fingerprint density at radius 1 is 1.04 bits per heavy atom. The Labute approximate surface area is 164 Å². The number of carbonyl (C=O) groups is 4. The molecule has 1 aliphatic rings. The number of nitrogens with zero attached hydrogens (tertiary/aromatic N) is 1. The Balaban J connectivity index is 1.63. The highest BCUT2D eigenvalue weighted by atomic mass is 35.5. The molecule has 0 saturated heterocycles. The number of carboxylic acids is 1. The fourth-order valence-corrected chi connectivity index (χ4v) is 2.78. The quantitative estimate of drug-likeness (QED) is 0.688. The van der Waals surface area contributed by atoms with E-state index in [4.69, 9.17) is 21.4 Å². The van der Waals surface area contributed by atoms with Gasteiger partial charge in [0.1, 0.15) is 5.75 Å². The van der Waals surface area contributed by atoms with Gasteiger partial charge < -0.3 is 15.2 Å². The highest BCUT2D eigenvalue weighted by Crippen LogP contribution is 2.26. The number of nitrogens with one attached hydrogen (secondary N) is 1. The first-order valence-electron chi connectivity index (χ1n) is 8.25. The maximum atomic E-state index is 12.4. The van der Waals surface area contributed by atoms with E-state index in [0.717, 1.165) is 4.90 Å². The Hall–Kier alpha value is -3.39. The number of benzene rings is 2. The summed E-state index contributed by atoms with van der Waals surface area (Å²) in [6, 6.07) is 10.8. The minimum atomic E-state index is -1.11. The second-order valence-corrected chi connectivity index (χ2v) is 6.39. The van der Waals surface area contributed by atoms with Crippen molar-refractivity contribution in [2.45, 2.75) is 6.42 Å². The fourth-order valence-electron chi connectivity index (χ4n) is 2.66. The summed E-state index contributed by atoms with van der Waals surface area (Å²) in [6.07, 6.45) is -0.336. The molecule has 0 bridgehead atoms. The van der Waals surface area contributed by atoms with Crippen LogP contribution in [-0.4, -0.2) is 46.8 Å². The van der Waals surface area contributed by atoms with Gasteiger partial charge in [0.05, 0.1) is 17.5 Å². The SMILES string of the molecule is O=C(O)CCN1C(=O)c2ccc(NC(=O)COc3ccc(Cl)cc3)cc2C1=O. The van der Waals surface area contributed by atoms with Crippen LogP contribution in [-0.2, 0) is 9.59 Å². The van der Waals surface area contributed by atoms with Crippen LogP contribution in [0.25, 0.3) is 0 Å². The third kappa shape index (κ3) is 4.29. The molecule has 8 nitrogen and oxygen atoms in total. The Kier molecular flexibility index (Phi) is 5.60. The number of amides is 3. The molecule has 2 aromatic carbocycles. The first-order valence-corrected chi connectivity index (χ1v) is 8.63. The van der Waals surface area contributed by atoms with Gasteiger partial charge in [0.25, 0.3) is 17.7 Å². The van der Waals surface area contributed by atoms with Crippen molar-refractivity contribution in [3.63, 3.8) is 0 Å². The van der Waals surface area contributed by atoms with Crippen molar-refractivity contribution in [3.8, 4) is 5.75 Å². The van der Waals surface area contributed by atoms with Crippen LogP contribution in [0.1, 0.15) is 27.1 Å². The molecule has 0 aliphatic carbocycles. The molecule has 2 aromatic rings. The monoisotopic (exact) mass is 402 g/mol. The first-order chi connectivity index (χ1) is 13.3. The minimum Gasteiger partial charge on any atom is -0.484 e. The Morgan fingerprint density at radius 3 is 2.39 bits per heavy atom. The fraction of sp³-hybridized carbons (Fsp3) is 0.158. The van der Waals surface area contributed by atoms with Crippen LogP contribution in [0.4, 0.5) is 5.69 Å². The van der Waals surface area contributed by atoms with E-state index in [-0.39, 0.29) is 30.7 Å². The standard InChI is InChI=1S/C19H15ClN2O6/c20-11-1-4-13(5-2-11)28-10-16(23)21-12-3-6-14-15(9-12)19(27)22(18(14)26)8-7-17(24)25/h1-6,9H,7-8,10H2,(H,21,23)(H,24,25). The summed E-state index contributed by atoms with van der Waals surface area (Å²) in [5, 5.41) is 11.9.